The minimum absolute atomic E-state index is 0.229. The average Bonchev–Trinajstić information content (AvgIpc) is 2.12. The van der Waals surface area contributed by atoms with Crippen LogP contribution in [0.4, 0.5) is 17.6 Å². The molecule has 1 aromatic carbocycles. The molecular weight excluding hydrogens is 318 g/mol. The Balaban J connectivity index is 2.42. The summed E-state index contributed by atoms with van der Waals surface area (Å²) in [4.78, 5) is 0. The van der Waals surface area contributed by atoms with E-state index in [1.54, 1.807) is 6.07 Å². The van der Waals surface area contributed by atoms with Gasteiger partial charge in [0.2, 0.25) is 0 Å². The Hall–Kier alpha value is -0.660. The molecule has 0 aliphatic rings. The lowest BCUT2D eigenvalue weighted by Gasteiger charge is -2.13. The molecule has 18 heavy (non-hydrogen) atoms. The highest BCUT2D eigenvalue weighted by Crippen LogP contribution is 2.17. The average molecular weight is 330 g/mol. The quantitative estimate of drug-likeness (QED) is 0.843. The Bertz CT molecular complexity index is 377. The Kier molecular flexibility index (Phi) is 5.55. The SMILES string of the molecule is NC(COCC(F)(F)F)Cc1cc(F)cc(Br)c1. The van der Waals surface area contributed by atoms with Gasteiger partial charge in [-0.15, -0.1) is 0 Å². The Labute approximate surface area is 110 Å². The second kappa shape index (κ2) is 6.49. The van der Waals surface area contributed by atoms with Crippen LogP contribution in [-0.2, 0) is 11.2 Å². The summed E-state index contributed by atoms with van der Waals surface area (Å²) in [6.45, 7) is -1.55. The molecule has 1 aromatic rings. The monoisotopic (exact) mass is 329 g/mol. The van der Waals surface area contributed by atoms with E-state index in [4.69, 9.17) is 5.73 Å². The first kappa shape index (κ1) is 15.4. The van der Waals surface area contributed by atoms with Crippen LogP contribution < -0.4 is 5.73 Å². The summed E-state index contributed by atoms with van der Waals surface area (Å²) in [7, 11) is 0. The minimum atomic E-state index is -4.36. The van der Waals surface area contributed by atoms with Crippen molar-refractivity contribution in [2.45, 2.75) is 18.6 Å². The van der Waals surface area contributed by atoms with E-state index in [1.165, 1.54) is 12.1 Å². The highest BCUT2D eigenvalue weighted by atomic mass is 79.9. The molecule has 1 rings (SSSR count). The number of benzene rings is 1. The molecule has 0 radical (unpaired) electrons. The van der Waals surface area contributed by atoms with Gasteiger partial charge < -0.3 is 10.5 Å². The van der Waals surface area contributed by atoms with E-state index in [1.807, 2.05) is 0 Å². The van der Waals surface area contributed by atoms with E-state index < -0.39 is 24.6 Å². The summed E-state index contributed by atoms with van der Waals surface area (Å²) in [6, 6.07) is 3.62. The van der Waals surface area contributed by atoms with E-state index in [-0.39, 0.29) is 13.0 Å². The molecule has 1 atom stereocenters. The lowest BCUT2D eigenvalue weighted by molar-refractivity contribution is -0.174. The van der Waals surface area contributed by atoms with Gasteiger partial charge in [0.15, 0.2) is 0 Å². The summed E-state index contributed by atoms with van der Waals surface area (Å²) in [6.07, 6.45) is -4.12. The van der Waals surface area contributed by atoms with Crippen LogP contribution in [0.2, 0.25) is 0 Å². The molecule has 0 saturated carbocycles. The lowest BCUT2D eigenvalue weighted by Crippen LogP contribution is -2.31. The van der Waals surface area contributed by atoms with Gasteiger partial charge in [0.05, 0.1) is 6.61 Å². The molecule has 0 spiro atoms. The normalized spacial score (nSPS) is 13.7. The maximum absolute atomic E-state index is 13.0. The van der Waals surface area contributed by atoms with Crippen molar-refractivity contribution in [1.82, 2.24) is 0 Å². The van der Waals surface area contributed by atoms with E-state index >= 15 is 0 Å². The molecule has 0 bridgehead atoms. The van der Waals surface area contributed by atoms with Gasteiger partial charge in [-0.05, 0) is 30.2 Å². The third-order valence-electron chi connectivity index (χ3n) is 2.02. The molecule has 102 valence electrons. The van der Waals surface area contributed by atoms with Crippen LogP contribution in [-0.4, -0.2) is 25.4 Å². The third kappa shape index (κ3) is 6.32. The number of nitrogens with two attached hydrogens (primary N) is 1. The van der Waals surface area contributed by atoms with E-state index in [9.17, 15) is 17.6 Å². The number of hydrogen-bond donors (Lipinski definition) is 1. The van der Waals surface area contributed by atoms with Crippen LogP contribution in [0, 0.1) is 5.82 Å². The summed E-state index contributed by atoms with van der Waals surface area (Å²) in [5.74, 6) is -0.428. The van der Waals surface area contributed by atoms with Crippen LogP contribution in [0.5, 0.6) is 0 Å². The number of hydrogen-bond acceptors (Lipinski definition) is 2. The second-order valence-corrected chi connectivity index (χ2v) is 4.79. The molecule has 2 N–H and O–H groups in total. The molecule has 0 amide bonds. The Morgan fingerprint density at radius 3 is 2.50 bits per heavy atom. The minimum Gasteiger partial charge on any atom is -0.370 e. The van der Waals surface area contributed by atoms with Gasteiger partial charge in [0, 0.05) is 10.5 Å². The molecule has 2 nitrogen and oxygen atoms in total. The van der Waals surface area contributed by atoms with Gasteiger partial charge in [-0.1, -0.05) is 15.9 Å². The lowest BCUT2D eigenvalue weighted by atomic mass is 10.1. The molecule has 0 heterocycles. The van der Waals surface area contributed by atoms with E-state index in [0.717, 1.165) is 0 Å². The number of halogens is 5. The van der Waals surface area contributed by atoms with Crippen molar-refractivity contribution in [3.63, 3.8) is 0 Å². The van der Waals surface area contributed by atoms with Gasteiger partial charge in [-0.25, -0.2) is 4.39 Å². The highest BCUT2D eigenvalue weighted by molar-refractivity contribution is 9.10. The molecule has 1 unspecified atom stereocenters. The molecular formula is C11H12BrF4NO. The van der Waals surface area contributed by atoms with Crippen LogP contribution >= 0.6 is 15.9 Å². The van der Waals surface area contributed by atoms with Crippen molar-refractivity contribution in [2.75, 3.05) is 13.2 Å². The molecule has 0 aliphatic heterocycles. The largest absolute Gasteiger partial charge is 0.411 e. The van der Waals surface area contributed by atoms with Gasteiger partial charge in [-0.3, -0.25) is 0 Å². The predicted octanol–water partition coefficient (Wildman–Crippen LogP) is 3.04. The zero-order valence-corrected chi connectivity index (χ0v) is 10.9. The summed E-state index contributed by atoms with van der Waals surface area (Å²) >= 11 is 3.12. The van der Waals surface area contributed by atoms with Gasteiger partial charge in [0.1, 0.15) is 12.4 Å². The van der Waals surface area contributed by atoms with Gasteiger partial charge in [0.25, 0.3) is 0 Å². The van der Waals surface area contributed by atoms with Crippen molar-refractivity contribution in [3.8, 4) is 0 Å². The third-order valence-corrected chi connectivity index (χ3v) is 2.48. The topological polar surface area (TPSA) is 35.2 Å². The summed E-state index contributed by atoms with van der Waals surface area (Å²) in [5.41, 5.74) is 6.21. The van der Waals surface area contributed by atoms with Crippen molar-refractivity contribution >= 4 is 15.9 Å². The van der Waals surface area contributed by atoms with Crippen molar-refractivity contribution in [2.24, 2.45) is 5.73 Å². The molecule has 0 aromatic heterocycles. The Morgan fingerprint density at radius 1 is 1.28 bits per heavy atom. The highest BCUT2D eigenvalue weighted by Gasteiger charge is 2.27. The van der Waals surface area contributed by atoms with E-state index in [2.05, 4.69) is 20.7 Å². The molecule has 0 fully saturated rings. The van der Waals surface area contributed by atoms with E-state index in [0.29, 0.717) is 10.0 Å². The number of ether oxygens (including phenoxy) is 1. The zero-order valence-electron chi connectivity index (χ0n) is 9.31. The maximum Gasteiger partial charge on any atom is 0.411 e. The van der Waals surface area contributed by atoms with Crippen molar-refractivity contribution in [3.05, 3.63) is 34.1 Å². The second-order valence-electron chi connectivity index (χ2n) is 3.87. The first-order valence-corrected chi connectivity index (χ1v) is 5.90. The van der Waals surface area contributed by atoms with Crippen molar-refractivity contribution < 1.29 is 22.3 Å². The number of alkyl halides is 3. The van der Waals surface area contributed by atoms with Crippen LogP contribution in [0.1, 0.15) is 5.56 Å². The molecule has 0 aliphatic carbocycles. The fraction of sp³-hybridized carbons (Fsp3) is 0.455. The van der Waals surface area contributed by atoms with Gasteiger partial charge in [-0.2, -0.15) is 13.2 Å². The summed E-state index contributed by atoms with van der Waals surface area (Å²) in [5, 5.41) is 0. The fourth-order valence-corrected chi connectivity index (χ4v) is 1.93. The van der Waals surface area contributed by atoms with Crippen molar-refractivity contribution in [1.29, 1.82) is 0 Å². The maximum atomic E-state index is 13.0. The first-order valence-electron chi connectivity index (χ1n) is 5.11. The molecule has 0 saturated heterocycles. The fourth-order valence-electron chi connectivity index (χ4n) is 1.42. The van der Waals surface area contributed by atoms with Crippen LogP contribution in [0.25, 0.3) is 0 Å². The van der Waals surface area contributed by atoms with Gasteiger partial charge >= 0.3 is 6.18 Å². The zero-order chi connectivity index (χ0) is 13.8. The van der Waals surface area contributed by atoms with Crippen LogP contribution in [0.3, 0.4) is 0 Å². The molecule has 7 heteroatoms. The first-order chi connectivity index (χ1) is 8.26. The summed E-state index contributed by atoms with van der Waals surface area (Å²) < 4.78 is 53.5. The number of rotatable bonds is 5. The standard InChI is InChI=1S/C11H12BrF4NO/c12-8-1-7(2-9(13)4-8)3-10(17)5-18-6-11(14,15)16/h1-2,4,10H,3,5-6,17H2. The predicted molar refractivity (Wildman–Crippen MR) is 62.7 cm³/mol. The smallest absolute Gasteiger partial charge is 0.370 e. The Morgan fingerprint density at radius 2 is 1.94 bits per heavy atom. The van der Waals surface area contributed by atoms with Crippen LogP contribution in [0.15, 0.2) is 22.7 Å².